The molecule has 7 N–H and O–H groups in total. The highest BCUT2D eigenvalue weighted by Crippen LogP contribution is 2.16. The van der Waals surface area contributed by atoms with Crippen LogP contribution in [0, 0.1) is 5.92 Å². The maximum Gasteiger partial charge on any atom is 0.243 e. The number of phenolic OH excluding ortho intramolecular Hbond substituents is 1. The third-order valence-electron chi connectivity index (χ3n) is 6.10. The second-order valence-corrected chi connectivity index (χ2v) is 9.59. The molecule has 1 spiro atoms. The first-order valence-electron chi connectivity index (χ1n) is 11.4. The van der Waals surface area contributed by atoms with E-state index in [2.05, 4.69) is 26.6 Å². The number of hydrogen-bond acceptors (Lipinski definition) is 7. The first kappa shape index (κ1) is 24.9. The van der Waals surface area contributed by atoms with E-state index in [0.717, 1.165) is 5.56 Å². The van der Waals surface area contributed by atoms with Crippen molar-refractivity contribution in [1.29, 1.82) is 0 Å². The van der Waals surface area contributed by atoms with Gasteiger partial charge < -0.3 is 31.5 Å². The summed E-state index contributed by atoms with van der Waals surface area (Å²) in [5.74, 6) is -1.03. The number of carbonyl (C=O) groups is 3. The third kappa shape index (κ3) is 6.43. The Labute approximate surface area is 193 Å². The summed E-state index contributed by atoms with van der Waals surface area (Å²) in [7, 11) is 0. The van der Waals surface area contributed by atoms with Gasteiger partial charge >= 0.3 is 0 Å². The van der Waals surface area contributed by atoms with Crippen molar-refractivity contribution in [2.75, 3.05) is 19.6 Å². The summed E-state index contributed by atoms with van der Waals surface area (Å²) in [6, 6.07) is 3.81. The zero-order valence-corrected chi connectivity index (χ0v) is 19.4. The lowest BCUT2D eigenvalue weighted by Crippen LogP contribution is -2.76. The van der Waals surface area contributed by atoms with E-state index in [1.54, 1.807) is 12.1 Å². The van der Waals surface area contributed by atoms with Crippen molar-refractivity contribution in [3.8, 4) is 5.75 Å². The Hall–Kier alpha value is -2.69. The number of aromatic hydroxyl groups is 1. The van der Waals surface area contributed by atoms with E-state index in [1.807, 2.05) is 13.8 Å². The lowest BCUT2D eigenvalue weighted by Gasteiger charge is -2.46. The number of amides is 3. The first-order chi connectivity index (χ1) is 15.6. The maximum atomic E-state index is 13.1. The minimum atomic E-state index is -0.994. The van der Waals surface area contributed by atoms with E-state index in [0.29, 0.717) is 19.5 Å². The molecule has 10 nitrogen and oxygen atoms in total. The van der Waals surface area contributed by atoms with Crippen LogP contribution < -0.4 is 26.6 Å². The van der Waals surface area contributed by atoms with Crippen LogP contribution >= 0.6 is 0 Å². The second kappa shape index (κ2) is 10.5. The molecule has 0 aromatic heterocycles. The summed E-state index contributed by atoms with van der Waals surface area (Å²) in [6.07, 6.45) is -0.384. The molecule has 3 amide bonds. The van der Waals surface area contributed by atoms with E-state index < -0.39 is 41.6 Å². The van der Waals surface area contributed by atoms with E-state index in [-0.39, 0.29) is 30.5 Å². The summed E-state index contributed by atoms with van der Waals surface area (Å²) < 4.78 is 0. The molecule has 10 heteroatoms. The van der Waals surface area contributed by atoms with Gasteiger partial charge in [-0.15, -0.1) is 0 Å². The van der Waals surface area contributed by atoms with Crippen LogP contribution in [0.3, 0.4) is 0 Å². The van der Waals surface area contributed by atoms with Gasteiger partial charge in [0, 0.05) is 26.1 Å². The van der Waals surface area contributed by atoms with Crippen molar-refractivity contribution in [2.45, 2.75) is 63.4 Å². The predicted octanol–water partition coefficient (Wildman–Crippen LogP) is -1.24. The van der Waals surface area contributed by atoms with Gasteiger partial charge in [0.2, 0.25) is 17.7 Å². The Morgan fingerprint density at radius 3 is 2.12 bits per heavy atom. The van der Waals surface area contributed by atoms with Gasteiger partial charge in [0.25, 0.3) is 0 Å². The number of benzene rings is 1. The molecular weight excluding hydrogens is 426 g/mol. The van der Waals surface area contributed by atoms with Gasteiger partial charge in [0.15, 0.2) is 0 Å². The lowest BCUT2D eigenvalue weighted by molar-refractivity contribution is -0.135. The van der Waals surface area contributed by atoms with Gasteiger partial charge in [-0.05, 0) is 37.0 Å². The zero-order chi connectivity index (χ0) is 24.2. The van der Waals surface area contributed by atoms with Crippen molar-refractivity contribution in [3.05, 3.63) is 29.8 Å². The molecule has 33 heavy (non-hydrogen) atoms. The normalized spacial score (nSPS) is 26.9. The highest BCUT2D eigenvalue weighted by molar-refractivity contribution is 5.93. The molecule has 0 bridgehead atoms. The van der Waals surface area contributed by atoms with E-state index in [4.69, 9.17) is 0 Å². The molecule has 4 atom stereocenters. The van der Waals surface area contributed by atoms with E-state index in [9.17, 15) is 24.6 Å². The van der Waals surface area contributed by atoms with Crippen molar-refractivity contribution in [1.82, 2.24) is 26.6 Å². The Kier molecular flexibility index (Phi) is 7.93. The van der Waals surface area contributed by atoms with Gasteiger partial charge in [-0.25, -0.2) is 0 Å². The van der Waals surface area contributed by atoms with Crippen LogP contribution in [-0.2, 0) is 20.8 Å². The topological polar surface area (TPSA) is 152 Å². The number of carbonyl (C=O) groups excluding carboxylic acids is 3. The van der Waals surface area contributed by atoms with Crippen LogP contribution in [0.25, 0.3) is 0 Å². The summed E-state index contributed by atoms with van der Waals surface area (Å²) >= 11 is 0. The molecule has 0 unspecified atom stereocenters. The largest absolute Gasteiger partial charge is 0.508 e. The highest BCUT2D eigenvalue weighted by Gasteiger charge is 2.43. The summed E-state index contributed by atoms with van der Waals surface area (Å²) in [4.78, 5) is 39.3. The fourth-order valence-electron chi connectivity index (χ4n) is 4.13. The number of phenols is 1. The minimum Gasteiger partial charge on any atom is -0.508 e. The summed E-state index contributed by atoms with van der Waals surface area (Å²) in [5, 5.41) is 34.7. The molecule has 2 aliphatic heterocycles. The Morgan fingerprint density at radius 2 is 1.58 bits per heavy atom. The van der Waals surface area contributed by atoms with Crippen molar-refractivity contribution >= 4 is 17.7 Å². The van der Waals surface area contributed by atoms with Crippen LogP contribution in [0.15, 0.2) is 24.3 Å². The van der Waals surface area contributed by atoms with Gasteiger partial charge in [-0.1, -0.05) is 26.0 Å². The Bertz CT molecular complexity index is 853. The van der Waals surface area contributed by atoms with Gasteiger partial charge in [0.05, 0.1) is 11.6 Å². The highest BCUT2D eigenvalue weighted by atomic mass is 16.3. The average Bonchev–Trinajstić information content (AvgIpc) is 2.71. The van der Waals surface area contributed by atoms with Crippen LogP contribution in [-0.4, -0.2) is 77.3 Å². The molecule has 1 aromatic carbocycles. The van der Waals surface area contributed by atoms with Crippen LogP contribution in [0.2, 0.25) is 0 Å². The number of aliphatic hydroxyl groups excluding tert-OH is 1. The Balaban J connectivity index is 1.89. The fraction of sp³-hybridized carbons (Fsp3) is 0.609. The average molecular weight is 462 g/mol. The SMILES string of the molecule is CC(C)C[C@@H]1NC(=O)[C@H]([C@@H](C)O)NC2(CNC2)CNC(=O)[C@H](Cc2ccc(O)cc2)NC1=O. The fourth-order valence-corrected chi connectivity index (χ4v) is 4.13. The minimum absolute atomic E-state index is 0.110. The second-order valence-electron chi connectivity index (χ2n) is 9.59. The third-order valence-corrected chi connectivity index (χ3v) is 6.10. The monoisotopic (exact) mass is 461 g/mol. The smallest absolute Gasteiger partial charge is 0.243 e. The maximum absolute atomic E-state index is 13.1. The molecule has 0 aliphatic carbocycles. The molecule has 2 fully saturated rings. The molecule has 2 saturated heterocycles. The molecule has 182 valence electrons. The van der Waals surface area contributed by atoms with Crippen LogP contribution in [0.5, 0.6) is 5.75 Å². The number of hydrogen-bond donors (Lipinski definition) is 7. The zero-order valence-electron chi connectivity index (χ0n) is 19.4. The molecule has 2 aliphatic rings. The molecule has 1 aromatic rings. The van der Waals surface area contributed by atoms with E-state index in [1.165, 1.54) is 19.1 Å². The molecular formula is C23H35N5O5. The number of nitrogens with one attached hydrogen (secondary N) is 5. The van der Waals surface area contributed by atoms with E-state index >= 15 is 0 Å². The molecule has 0 saturated carbocycles. The van der Waals surface area contributed by atoms with Crippen molar-refractivity contribution in [3.63, 3.8) is 0 Å². The lowest BCUT2D eigenvalue weighted by atomic mass is 9.89. The number of rotatable bonds is 5. The molecule has 2 heterocycles. The molecule has 3 rings (SSSR count). The first-order valence-corrected chi connectivity index (χ1v) is 11.4. The van der Waals surface area contributed by atoms with Crippen LogP contribution in [0.1, 0.15) is 32.8 Å². The standard InChI is InChI=1S/C23H35N5O5/c1-13(2)8-17-21(32)26-18(9-15-4-6-16(30)7-5-15)20(31)25-12-23(10-24-11-23)28-19(14(3)29)22(33)27-17/h4-7,13-14,17-19,24,28-30H,8-12H2,1-3H3,(H,25,31)(H,26,32)(H,27,33)/t14-,17+,18+,19+/m1/s1. The van der Waals surface area contributed by atoms with Crippen molar-refractivity contribution in [2.24, 2.45) is 5.92 Å². The Morgan fingerprint density at radius 1 is 0.939 bits per heavy atom. The quantitative estimate of drug-likeness (QED) is 0.290. The summed E-state index contributed by atoms with van der Waals surface area (Å²) in [5.41, 5.74) is 0.186. The summed E-state index contributed by atoms with van der Waals surface area (Å²) in [6.45, 7) is 6.67. The predicted molar refractivity (Wildman–Crippen MR) is 122 cm³/mol. The number of aliphatic hydroxyl groups is 1. The van der Waals surface area contributed by atoms with Gasteiger partial charge in [-0.3, -0.25) is 19.7 Å². The molecule has 0 radical (unpaired) electrons. The van der Waals surface area contributed by atoms with Crippen LogP contribution in [0.4, 0.5) is 0 Å². The van der Waals surface area contributed by atoms with Gasteiger partial charge in [-0.2, -0.15) is 0 Å². The van der Waals surface area contributed by atoms with Crippen molar-refractivity contribution < 1.29 is 24.6 Å². The van der Waals surface area contributed by atoms with Gasteiger partial charge in [0.1, 0.15) is 23.9 Å².